The molecule has 0 aliphatic carbocycles. The van der Waals surface area contributed by atoms with Crippen LogP contribution in [0.15, 0.2) is 0 Å². The number of hydrogen-bond acceptors (Lipinski definition) is 4. The van der Waals surface area contributed by atoms with Gasteiger partial charge in [-0.15, -0.1) is 0 Å². The molecule has 3 N–H and O–H groups in total. The second kappa shape index (κ2) is 4.59. The summed E-state index contributed by atoms with van der Waals surface area (Å²) in [5.41, 5.74) is 0. The van der Waals surface area contributed by atoms with E-state index in [-0.39, 0.29) is 24.9 Å². The van der Waals surface area contributed by atoms with Gasteiger partial charge in [-0.1, -0.05) is 0 Å². The van der Waals surface area contributed by atoms with Gasteiger partial charge in [-0.05, 0) is 6.92 Å². The minimum Gasteiger partial charge on any atom is -0.388 e. The first-order chi connectivity index (χ1) is 6.91. The minimum absolute atomic E-state index is 0.115. The molecule has 3 atom stereocenters. The number of amides is 2. The Labute approximate surface area is 87.9 Å². The van der Waals surface area contributed by atoms with Crippen LogP contribution in [0.3, 0.4) is 0 Å². The Balaban J connectivity index is 2.51. The Bertz CT molecular complexity index is 259. The van der Waals surface area contributed by atoms with Crippen molar-refractivity contribution >= 4 is 11.8 Å². The Morgan fingerprint density at radius 3 is 2.20 bits per heavy atom. The first-order valence-electron chi connectivity index (χ1n) is 4.84. The highest BCUT2D eigenvalue weighted by Gasteiger charge is 2.34. The molecular weight excluding hydrogens is 200 g/mol. The molecule has 2 amide bonds. The van der Waals surface area contributed by atoms with Crippen molar-refractivity contribution in [1.29, 1.82) is 0 Å². The number of nitrogens with one attached hydrogen (secondary N) is 1. The molecule has 15 heavy (non-hydrogen) atoms. The first-order valence-corrected chi connectivity index (χ1v) is 4.84. The van der Waals surface area contributed by atoms with Crippen LogP contribution in [0, 0.1) is 0 Å². The SMILES string of the molecule is CC(=O)NC(C)C(=O)N1C[C@@H](O)[C@@H](O)C1. The van der Waals surface area contributed by atoms with Crippen molar-refractivity contribution in [2.24, 2.45) is 0 Å². The van der Waals surface area contributed by atoms with Crippen molar-refractivity contribution < 1.29 is 19.8 Å². The van der Waals surface area contributed by atoms with E-state index in [1.54, 1.807) is 6.92 Å². The summed E-state index contributed by atoms with van der Waals surface area (Å²) < 4.78 is 0. The predicted molar refractivity (Wildman–Crippen MR) is 51.9 cm³/mol. The van der Waals surface area contributed by atoms with Crippen LogP contribution in [0.2, 0.25) is 0 Å². The fourth-order valence-corrected chi connectivity index (χ4v) is 1.59. The molecule has 0 bridgehead atoms. The van der Waals surface area contributed by atoms with Gasteiger partial charge in [0.1, 0.15) is 6.04 Å². The van der Waals surface area contributed by atoms with Crippen molar-refractivity contribution in [1.82, 2.24) is 10.2 Å². The number of carbonyl (C=O) groups excluding carboxylic acids is 2. The van der Waals surface area contributed by atoms with Gasteiger partial charge in [0.2, 0.25) is 11.8 Å². The normalized spacial score (nSPS) is 27.6. The van der Waals surface area contributed by atoms with Crippen LogP contribution in [0.1, 0.15) is 13.8 Å². The average Bonchev–Trinajstić information content (AvgIpc) is 2.44. The lowest BCUT2D eigenvalue weighted by molar-refractivity contribution is -0.135. The van der Waals surface area contributed by atoms with E-state index >= 15 is 0 Å². The van der Waals surface area contributed by atoms with E-state index in [1.807, 2.05) is 0 Å². The number of nitrogens with zero attached hydrogens (tertiary/aromatic N) is 1. The molecule has 1 fully saturated rings. The molecule has 0 saturated carbocycles. The standard InChI is InChI=1S/C9H16N2O4/c1-5(10-6(2)12)9(15)11-3-7(13)8(14)4-11/h5,7-8,13-14H,3-4H2,1-2H3,(H,10,12)/t5?,7-,8+. The molecule has 86 valence electrons. The van der Waals surface area contributed by atoms with Crippen LogP contribution in [0.5, 0.6) is 0 Å². The summed E-state index contributed by atoms with van der Waals surface area (Å²) >= 11 is 0. The molecule has 1 aliphatic rings. The van der Waals surface area contributed by atoms with Gasteiger partial charge in [-0.3, -0.25) is 9.59 Å². The minimum atomic E-state index is -0.890. The molecule has 1 heterocycles. The maximum absolute atomic E-state index is 11.7. The molecule has 1 rings (SSSR count). The maximum atomic E-state index is 11.7. The number of carbonyl (C=O) groups is 2. The molecular formula is C9H16N2O4. The third kappa shape index (κ3) is 2.90. The Hall–Kier alpha value is -1.14. The van der Waals surface area contributed by atoms with Crippen molar-refractivity contribution in [2.45, 2.75) is 32.1 Å². The number of hydrogen-bond donors (Lipinski definition) is 3. The molecule has 0 spiro atoms. The molecule has 1 aliphatic heterocycles. The highest BCUT2D eigenvalue weighted by atomic mass is 16.3. The van der Waals surface area contributed by atoms with Crippen LogP contribution in [0.25, 0.3) is 0 Å². The molecule has 6 heteroatoms. The van der Waals surface area contributed by atoms with Crippen molar-refractivity contribution in [3.63, 3.8) is 0 Å². The maximum Gasteiger partial charge on any atom is 0.245 e. The second-order valence-electron chi connectivity index (χ2n) is 3.80. The fourth-order valence-electron chi connectivity index (χ4n) is 1.59. The number of aliphatic hydroxyl groups is 2. The Kier molecular flexibility index (Phi) is 3.65. The smallest absolute Gasteiger partial charge is 0.245 e. The van der Waals surface area contributed by atoms with Gasteiger partial charge in [0.15, 0.2) is 0 Å². The lowest BCUT2D eigenvalue weighted by atomic mass is 10.3. The van der Waals surface area contributed by atoms with E-state index < -0.39 is 18.2 Å². The summed E-state index contributed by atoms with van der Waals surface area (Å²) in [5.74, 6) is -0.572. The van der Waals surface area contributed by atoms with Gasteiger partial charge in [-0.2, -0.15) is 0 Å². The van der Waals surface area contributed by atoms with Crippen LogP contribution < -0.4 is 5.32 Å². The summed E-state index contributed by atoms with van der Waals surface area (Å²) in [6, 6.07) is -0.625. The van der Waals surface area contributed by atoms with E-state index in [1.165, 1.54) is 11.8 Å². The van der Waals surface area contributed by atoms with Gasteiger partial charge >= 0.3 is 0 Å². The zero-order valence-corrected chi connectivity index (χ0v) is 8.80. The highest BCUT2D eigenvalue weighted by molar-refractivity contribution is 5.86. The molecule has 0 radical (unpaired) electrons. The summed E-state index contributed by atoms with van der Waals surface area (Å²) in [6.45, 7) is 3.13. The molecule has 1 unspecified atom stereocenters. The zero-order valence-electron chi connectivity index (χ0n) is 8.80. The van der Waals surface area contributed by atoms with E-state index in [4.69, 9.17) is 0 Å². The van der Waals surface area contributed by atoms with Crippen molar-refractivity contribution in [3.8, 4) is 0 Å². The number of rotatable bonds is 2. The van der Waals surface area contributed by atoms with Crippen LogP contribution >= 0.6 is 0 Å². The lowest BCUT2D eigenvalue weighted by Gasteiger charge is -2.20. The summed E-state index contributed by atoms with van der Waals surface area (Å²) in [5, 5.41) is 21.0. The molecule has 0 aromatic heterocycles. The van der Waals surface area contributed by atoms with E-state index in [0.29, 0.717) is 0 Å². The third-order valence-electron chi connectivity index (χ3n) is 2.36. The van der Waals surface area contributed by atoms with Crippen molar-refractivity contribution in [2.75, 3.05) is 13.1 Å². The van der Waals surface area contributed by atoms with Crippen molar-refractivity contribution in [3.05, 3.63) is 0 Å². The lowest BCUT2D eigenvalue weighted by Crippen LogP contribution is -2.45. The van der Waals surface area contributed by atoms with Gasteiger partial charge in [-0.25, -0.2) is 0 Å². The monoisotopic (exact) mass is 216 g/mol. The summed E-state index contributed by atoms with van der Waals surface area (Å²) in [7, 11) is 0. The molecule has 0 aromatic rings. The predicted octanol–water partition coefficient (Wildman–Crippen LogP) is -1.92. The number of likely N-dealkylation sites (tertiary alicyclic amines) is 1. The van der Waals surface area contributed by atoms with Gasteiger partial charge in [0.05, 0.1) is 12.2 Å². The number of aliphatic hydroxyl groups excluding tert-OH is 2. The van der Waals surface area contributed by atoms with Crippen LogP contribution in [-0.4, -0.2) is 58.3 Å². The summed E-state index contributed by atoms with van der Waals surface area (Å²) in [6.07, 6.45) is -1.78. The van der Waals surface area contributed by atoms with Crippen LogP contribution in [-0.2, 0) is 9.59 Å². The number of β-amino-alcohol motifs (C(OH)–C–C–N with tert-alkyl or cyclic N) is 2. The first kappa shape index (κ1) is 11.9. The summed E-state index contributed by atoms with van der Waals surface area (Å²) in [4.78, 5) is 23.7. The quantitative estimate of drug-likeness (QED) is 0.501. The molecule has 6 nitrogen and oxygen atoms in total. The van der Waals surface area contributed by atoms with Gasteiger partial charge < -0.3 is 20.4 Å². The fraction of sp³-hybridized carbons (Fsp3) is 0.778. The van der Waals surface area contributed by atoms with Gasteiger partial charge in [0.25, 0.3) is 0 Å². The Morgan fingerprint density at radius 1 is 1.33 bits per heavy atom. The van der Waals surface area contributed by atoms with Crippen LogP contribution in [0.4, 0.5) is 0 Å². The topological polar surface area (TPSA) is 89.9 Å². The van der Waals surface area contributed by atoms with E-state index in [9.17, 15) is 19.8 Å². The third-order valence-corrected chi connectivity index (χ3v) is 2.36. The van der Waals surface area contributed by atoms with E-state index in [2.05, 4.69) is 5.32 Å². The largest absolute Gasteiger partial charge is 0.388 e. The zero-order chi connectivity index (χ0) is 11.6. The second-order valence-corrected chi connectivity index (χ2v) is 3.80. The highest BCUT2D eigenvalue weighted by Crippen LogP contribution is 2.11. The average molecular weight is 216 g/mol. The Morgan fingerprint density at radius 2 is 1.80 bits per heavy atom. The van der Waals surface area contributed by atoms with E-state index in [0.717, 1.165) is 0 Å². The molecule has 0 aromatic carbocycles. The van der Waals surface area contributed by atoms with Gasteiger partial charge in [0, 0.05) is 20.0 Å². The molecule has 1 saturated heterocycles.